The summed E-state index contributed by atoms with van der Waals surface area (Å²) >= 11 is 0. The van der Waals surface area contributed by atoms with E-state index in [4.69, 9.17) is 5.84 Å². The molecule has 0 spiro atoms. The van der Waals surface area contributed by atoms with Crippen LogP contribution in [0.15, 0.2) is 18.2 Å². The van der Waals surface area contributed by atoms with E-state index in [0.29, 0.717) is 18.5 Å². The van der Waals surface area contributed by atoms with Crippen LogP contribution in [0.1, 0.15) is 24.5 Å². The maximum atomic E-state index is 12.5. The van der Waals surface area contributed by atoms with E-state index in [1.165, 1.54) is 13.0 Å². The van der Waals surface area contributed by atoms with E-state index in [1.807, 2.05) is 0 Å². The highest BCUT2D eigenvalue weighted by atomic mass is 19.4. The molecule has 1 aromatic carbocycles. The third-order valence-corrected chi connectivity index (χ3v) is 2.35. The average molecular weight is 285 g/mol. The fourth-order valence-electron chi connectivity index (χ4n) is 1.41. The number of hydrogen-bond donors (Lipinski definition) is 3. The van der Waals surface area contributed by atoms with Gasteiger partial charge in [0.15, 0.2) is 0 Å². The Bertz CT molecular complexity index is 544. The molecule has 4 nitrogen and oxygen atoms in total. The monoisotopic (exact) mass is 285 g/mol. The number of hydrogen-bond acceptors (Lipinski definition) is 3. The van der Waals surface area contributed by atoms with Crippen LogP contribution in [0.4, 0.5) is 18.9 Å². The van der Waals surface area contributed by atoms with Crippen LogP contribution in [0.25, 0.3) is 0 Å². The number of nitrogens with one attached hydrogen (secondary N) is 2. The van der Waals surface area contributed by atoms with E-state index in [9.17, 15) is 18.0 Å². The molecule has 20 heavy (non-hydrogen) atoms. The molecule has 0 heterocycles. The van der Waals surface area contributed by atoms with Crippen LogP contribution < -0.4 is 16.6 Å². The zero-order valence-electron chi connectivity index (χ0n) is 10.8. The van der Waals surface area contributed by atoms with Gasteiger partial charge < -0.3 is 10.7 Å². The van der Waals surface area contributed by atoms with Gasteiger partial charge in [0.1, 0.15) is 0 Å². The topological polar surface area (TPSA) is 67.2 Å². The van der Waals surface area contributed by atoms with Gasteiger partial charge in [-0.2, -0.15) is 13.2 Å². The molecule has 0 bridgehead atoms. The molecular weight excluding hydrogens is 271 g/mol. The second-order valence-electron chi connectivity index (χ2n) is 3.94. The number of alkyl halides is 3. The van der Waals surface area contributed by atoms with Crippen molar-refractivity contribution < 1.29 is 18.0 Å². The number of halogens is 3. The van der Waals surface area contributed by atoms with Crippen molar-refractivity contribution in [3.63, 3.8) is 0 Å². The van der Waals surface area contributed by atoms with Crippen molar-refractivity contribution in [3.05, 3.63) is 29.3 Å². The fraction of sp³-hybridized carbons (Fsp3) is 0.308. The lowest BCUT2D eigenvalue weighted by Gasteiger charge is -2.10. The minimum absolute atomic E-state index is 0.104. The summed E-state index contributed by atoms with van der Waals surface area (Å²) in [5.41, 5.74) is 1.87. The molecule has 7 heteroatoms. The van der Waals surface area contributed by atoms with Gasteiger partial charge in [-0.25, -0.2) is 0 Å². The van der Waals surface area contributed by atoms with Crippen molar-refractivity contribution in [2.24, 2.45) is 5.84 Å². The van der Waals surface area contributed by atoms with Gasteiger partial charge in [-0.1, -0.05) is 11.8 Å². The molecule has 1 amide bonds. The molecule has 0 unspecified atom stereocenters. The molecule has 1 aromatic rings. The quantitative estimate of drug-likeness (QED) is 0.344. The highest BCUT2D eigenvalue weighted by molar-refractivity contribution is 5.72. The molecule has 0 aliphatic carbocycles. The van der Waals surface area contributed by atoms with Crippen LogP contribution in [0.2, 0.25) is 0 Å². The van der Waals surface area contributed by atoms with Gasteiger partial charge in [-0.05, 0) is 18.2 Å². The number of carbonyl (C=O) groups excluding carboxylic acids is 1. The van der Waals surface area contributed by atoms with E-state index in [2.05, 4.69) is 22.6 Å². The number of hydrazine groups is 1. The maximum absolute atomic E-state index is 12.5. The lowest BCUT2D eigenvalue weighted by atomic mass is 10.1. The zero-order valence-corrected chi connectivity index (χ0v) is 10.8. The van der Waals surface area contributed by atoms with Gasteiger partial charge in [0.25, 0.3) is 0 Å². The van der Waals surface area contributed by atoms with Crippen LogP contribution in [0.3, 0.4) is 0 Å². The standard InChI is InChI=1S/C13H14F3N3O/c1-9(20)18-7-3-2-4-10-5-6-11(13(14,15)16)8-12(10)19-17/h5-6,8,19H,3,7,17H2,1H3,(H,18,20). The number of anilines is 1. The molecule has 0 atom stereocenters. The second kappa shape index (κ2) is 6.82. The molecule has 0 fully saturated rings. The first-order valence-electron chi connectivity index (χ1n) is 5.75. The van der Waals surface area contributed by atoms with Crippen LogP contribution in [0, 0.1) is 11.8 Å². The van der Waals surface area contributed by atoms with Gasteiger partial charge >= 0.3 is 6.18 Å². The van der Waals surface area contributed by atoms with E-state index in [-0.39, 0.29) is 11.6 Å². The summed E-state index contributed by atoms with van der Waals surface area (Å²) in [5, 5.41) is 2.56. The predicted octanol–water partition coefficient (Wildman–Crippen LogP) is 1.87. The fourth-order valence-corrected chi connectivity index (χ4v) is 1.41. The highest BCUT2D eigenvalue weighted by Gasteiger charge is 2.30. The van der Waals surface area contributed by atoms with Crippen molar-refractivity contribution >= 4 is 11.6 Å². The van der Waals surface area contributed by atoms with Gasteiger partial charge in [-0.15, -0.1) is 0 Å². The van der Waals surface area contributed by atoms with Gasteiger partial charge in [0.2, 0.25) is 5.91 Å². The molecule has 4 N–H and O–H groups in total. The molecule has 0 radical (unpaired) electrons. The van der Waals surface area contributed by atoms with Crippen LogP contribution in [-0.4, -0.2) is 12.5 Å². The Hall–Kier alpha value is -2.20. The number of nitrogen functional groups attached to an aromatic ring is 1. The summed E-state index contributed by atoms with van der Waals surface area (Å²) in [7, 11) is 0. The van der Waals surface area contributed by atoms with Crippen LogP contribution >= 0.6 is 0 Å². The normalized spacial score (nSPS) is 10.4. The largest absolute Gasteiger partial charge is 0.416 e. The maximum Gasteiger partial charge on any atom is 0.416 e. The van der Waals surface area contributed by atoms with Crippen molar-refractivity contribution in [2.45, 2.75) is 19.5 Å². The average Bonchev–Trinajstić information content (AvgIpc) is 2.36. The summed E-state index contributed by atoms with van der Waals surface area (Å²) in [6.07, 6.45) is -4.03. The molecule has 0 aliphatic heterocycles. The first-order valence-corrected chi connectivity index (χ1v) is 5.75. The van der Waals surface area contributed by atoms with Crippen molar-refractivity contribution in [1.82, 2.24) is 5.32 Å². The Labute approximate surface area is 114 Å². The minimum Gasteiger partial charge on any atom is -0.355 e. The molecule has 0 saturated carbocycles. The predicted molar refractivity (Wildman–Crippen MR) is 69.4 cm³/mol. The number of nitrogens with two attached hydrogens (primary N) is 1. The third-order valence-electron chi connectivity index (χ3n) is 2.35. The number of carbonyl (C=O) groups is 1. The van der Waals surface area contributed by atoms with Crippen molar-refractivity contribution in [2.75, 3.05) is 12.0 Å². The summed E-state index contributed by atoms with van der Waals surface area (Å²) in [5.74, 6) is 10.5. The Balaban J connectivity index is 2.81. The van der Waals surface area contributed by atoms with E-state index in [1.54, 1.807) is 0 Å². The molecule has 1 rings (SSSR count). The smallest absolute Gasteiger partial charge is 0.355 e. The van der Waals surface area contributed by atoms with Crippen molar-refractivity contribution in [3.8, 4) is 11.8 Å². The molecule has 0 aliphatic rings. The minimum atomic E-state index is -4.43. The Morgan fingerprint density at radius 2 is 2.10 bits per heavy atom. The third kappa shape index (κ3) is 4.82. The zero-order chi connectivity index (χ0) is 15.2. The Morgan fingerprint density at radius 1 is 1.40 bits per heavy atom. The lowest BCUT2D eigenvalue weighted by Crippen LogP contribution is -2.20. The van der Waals surface area contributed by atoms with Crippen LogP contribution in [-0.2, 0) is 11.0 Å². The second-order valence-corrected chi connectivity index (χ2v) is 3.94. The number of rotatable bonds is 3. The molecular formula is C13H14F3N3O. The SMILES string of the molecule is CC(=O)NCCC#Cc1ccc(C(F)(F)F)cc1NN. The first kappa shape index (κ1) is 15.9. The van der Waals surface area contributed by atoms with Crippen molar-refractivity contribution in [1.29, 1.82) is 0 Å². The van der Waals surface area contributed by atoms with E-state index >= 15 is 0 Å². The van der Waals surface area contributed by atoms with Crippen LogP contribution in [0.5, 0.6) is 0 Å². The van der Waals surface area contributed by atoms with E-state index in [0.717, 1.165) is 12.1 Å². The molecule has 108 valence electrons. The number of amides is 1. The summed E-state index contributed by atoms with van der Waals surface area (Å²) < 4.78 is 37.6. The number of benzene rings is 1. The van der Waals surface area contributed by atoms with Gasteiger partial charge in [0.05, 0.1) is 11.3 Å². The van der Waals surface area contributed by atoms with Gasteiger partial charge in [0, 0.05) is 25.5 Å². The summed E-state index contributed by atoms with van der Waals surface area (Å²) in [6, 6.07) is 3.10. The van der Waals surface area contributed by atoms with E-state index < -0.39 is 11.7 Å². The lowest BCUT2D eigenvalue weighted by molar-refractivity contribution is -0.137. The summed E-state index contributed by atoms with van der Waals surface area (Å²) in [6.45, 7) is 1.77. The van der Waals surface area contributed by atoms with Gasteiger partial charge in [-0.3, -0.25) is 10.6 Å². The molecule has 0 saturated heterocycles. The highest BCUT2D eigenvalue weighted by Crippen LogP contribution is 2.31. The first-order chi connectivity index (χ1) is 9.34. The Kier molecular flexibility index (Phi) is 5.41. The summed E-state index contributed by atoms with van der Waals surface area (Å²) in [4.78, 5) is 10.6. The Morgan fingerprint density at radius 3 is 2.65 bits per heavy atom. The molecule has 0 aromatic heterocycles.